The van der Waals surface area contributed by atoms with Crippen LogP contribution in [0.4, 0.5) is 4.39 Å². The number of carbonyl (C=O) groups is 1. The molecule has 138 valence electrons. The number of benzene rings is 2. The number of halogens is 1. The number of thiazole rings is 1. The third-order valence-corrected chi connectivity index (χ3v) is 4.96. The second-order valence-electron chi connectivity index (χ2n) is 5.66. The molecule has 7 heteroatoms. The number of fused-ring (bicyclic) bond motifs is 1. The van der Waals surface area contributed by atoms with Crippen molar-refractivity contribution in [1.82, 2.24) is 4.57 Å². The van der Waals surface area contributed by atoms with Gasteiger partial charge in [0.2, 0.25) is 0 Å². The van der Waals surface area contributed by atoms with Crippen LogP contribution < -0.4 is 14.3 Å². The van der Waals surface area contributed by atoms with E-state index in [9.17, 15) is 9.18 Å². The van der Waals surface area contributed by atoms with E-state index in [2.05, 4.69) is 10.9 Å². The summed E-state index contributed by atoms with van der Waals surface area (Å²) in [6.07, 6.45) is 5.53. The molecule has 0 unspecified atom stereocenters. The standard InChI is InChI=1S/C20H17FN2O3S/c1-4-9-23-15-7-6-14(21)12-18(15)27-20(23)22-19(24)11-13-5-8-16(25-2)17(10-13)26-3/h1,5-8,10,12H,9,11H2,2-3H3. The van der Waals surface area contributed by atoms with Crippen LogP contribution in [-0.4, -0.2) is 24.7 Å². The van der Waals surface area contributed by atoms with Gasteiger partial charge in [-0.05, 0) is 35.9 Å². The summed E-state index contributed by atoms with van der Waals surface area (Å²) in [5.74, 6) is 2.99. The van der Waals surface area contributed by atoms with Crippen LogP contribution in [0.25, 0.3) is 10.2 Å². The molecule has 0 atom stereocenters. The quantitative estimate of drug-likeness (QED) is 0.635. The zero-order valence-corrected chi connectivity index (χ0v) is 15.7. The van der Waals surface area contributed by atoms with Crippen molar-refractivity contribution in [3.8, 4) is 23.8 Å². The highest BCUT2D eigenvalue weighted by Gasteiger charge is 2.10. The van der Waals surface area contributed by atoms with Gasteiger partial charge < -0.3 is 14.0 Å². The molecule has 5 nitrogen and oxygen atoms in total. The highest BCUT2D eigenvalue weighted by atomic mass is 32.1. The highest BCUT2D eigenvalue weighted by Crippen LogP contribution is 2.27. The number of nitrogens with zero attached hydrogens (tertiary/aromatic N) is 2. The number of aromatic nitrogens is 1. The van der Waals surface area contributed by atoms with E-state index >= 15 is 0 Å². The monoisotopic (exact) mass is 384 g/mol. The van der Waals surface area contributed by atoms with Crippen LogP contribution in [-0.2, 0) is 17.8 Å². The summed E-state index contributed by atoms with van der Waals surface area (Å²) < 4.78 is 26.3. The van der Waals surface area contributed by atoms with Crippen molar-refractivity contribution >= 4 is 27.5 Å². The normalized spacial score (nSPS) is 11.4. The molecule has 0 saturated heterocycles. The third kappa shape index (κ3) is 4.01. The summed E-state index contributed by atoms with van der Waals surface area (Å²) in [6.45, 7) is 0.244. The lowest BCUT2D eigenvalue weighted by Gasteiger charge is -2.08. The average molecular weight is 384 g/mol. The van der Waals surface area contributed by atoms with Crippen molar-refractivity contribution < 1.29 is 18.7 Å². The Balaban J connectivity index is 1.95. The van der Waals surface area contributed by atoms with Gasteiger partial charge in [0.1, 0.15) is 5.82 Å². The minimum Gasteiger partial charge on any atom is -0.493 e. The van der Waals surface area contributed by atoms with E-state index in [1.807, 2.05) is 0 Å². The summed E-state index contributed by atoms with van der Waals surface area (Å²) in [6, 6.07) is 9.66. The van der Waals surface area contributed by atoms with E-state index in [4.69, 9.17) is 15.9 Å². The maximum Gasteiger partial charge on any atom is 0.252 e. The van der Waals surface area contributed by atoms with Crippen LogP contribution >= 0.6 is 11.3 Å². The van der Waals surface area contributed by atoms with Gasteiger partial charge in [0.25, 0.3) is 5.91 Å². The van der Waals surface area contributed by atoms with E-state index in [0.29, 0.717) is 21.0 Å². The van der Waals surface area contributed by atoms with E-state index in [1.165, 1.54) is 30.6 Å². The number of methoxy groups -OCH3 is 2. The van der Waals surface area contributed by atoms with E-state index in [-0.39, 0.29) is 24.7 Å². The molecule has 1 aromatic heterocycles. The van der Waals surface area contributed by atoms with Gasteiger partial charge in [-0.25, -0.2) is 4.39 Å². The molecule has 0 aliphatic heterocycles. The largest absolute Gasteiger partial charge is 0.493 e. The fourth-order valence-corrected chi connectivity index (χ4v) is 3.76. The summed E-state index contributed by atoms with van der Waals surface area (Å²) >= 11 is 1.23. The first-order valence-corrected chi connectivity index (χ1v) is 8.88. The summed E-state index contributed by atoms with van der Waals surface area (Å²) in [7, 11) is 3.08. The second-order valence-corrected chi connectivity index (χ2v) is 6.67. The highest BCUT2D eigenvalue weighted by molar-refractivity contribution is 7.16. The van der Waals surface area contributed by atoms with Crippen molar-refractivity contribution in [3.05, 3.63) is 52.6 Å². The van der Waals surface area contributed by atoms with Gasteiger partial charge in [-0.15, -0.1) is 6.42 Å². The minimum absolute atomic E-state index is 0.0962. The van der Waals surface area contributed by atoms with Crippen molar-refractivity contribution in [2.75, 3.05) is 14.2 Å². The summed E-state index contributed by atoms with van der Waals surface area (Å²) in [5, 5.41) is 0. The summed E-state index contributed by atoms with van der Waals surface area (Å²) in [5.41, 5.74) is 1.49. The number of terminal acetylenes is 1. The first-order chi connectivity index (χ1) is 13.0. The number of carbonyl (C=O) groups excluding carboxylic acids is 1. The zero-order chi connectivity index (χ0) is 19.4. The Kier molecular flexibility index (Phi) is 5.57. The summed E-state index contributed by atoms with van der Waals surface area (Å²) in [4.78, 5) is 17.1. The molecule has 1 amide bonds. The van der Waals surface area contributed by atoms with Crippen LogP contribution in [0.2, 0.25) is 0 Å². The van der Waals surface area contributed by atoms with Crippen molar-refractivity contribution in [1.29, 1.82) is 0 Å². The molecule has 27 heavy (non-hydrogen) atoms. The minimum atomic E-state index is -0.347. The predicted molar refractivity (Wildman–Crippen MR) is 102 cm³/mol. The van der Waals surface area contributed by atoms with E-state index in [0.717, 1.165) is 11.1 Å². The van der Waals surface area contributed by atoms with Crippen LogP contribution in [0, 0.1) is 18.2 Å². The molecule has 0 aliphatic carbocycles. The van der Waals surface area contributed by atoms with Gasteiger partial charge in [0.15, 0.2) is 16.3 Å². The molecule has 0 aliphatic rings. The van der Waals surface area contributed by atoms with Crippen molar-refractivity contribution in [2.45, 2.75) is 13.0 Å². The molecule has 0 radical (unpaired) electrons. The number of ether oxygens (including phenoxy) is 2. The number of hydrogen-bond acceptors (Lipinski definition) is 4. The Morgan fingerprint density at radius 2 is 2.00 bits per heavy atom. The number of amides is 1. The predicted octanol–water partition coefficient (Wildman–Crippen LogP) is 3.16. The molecule has 1 heterocycles. The fourth-order valence-electron chi connectivity index (χ4n) is 2.69. The molecule has 0 saturated carbocycles. The van der Waals surface area contributed by atoms with E-state index in [1.54, 1.807) is 35.9 Å². The molecule has 3 rings (SSSR count). The molecule has 0 N–H and O–H groups in total. The lowest BCUT2D eigenvalue weighted by atomic mass is 10.1. The average Bonchev–Trinajstić information content (AvgIpc) is 2.98. The first kappa shape index (κ1) is 18.7. The Labute approximate surface area is 159 Å². The van der Waals surface area contributed by atoms with Gasteiger partial charge in [-0.3, -0.25) is 4.79 Å². The van der Waals surface area contributed by atoms with Crippen LogP contribution in [0.1, 0.15) is 5.56 Å². The Morgan fingerprint density at radius 3 is 2.70 bits per heavy atom. The fraction of sp³-hybridized carbons (Fsp3) is 0.200. The Hall–Kier alpha value is -3.11. The lowest BCUT2D eigenvalue weighted by Crippen LogP contribution is -2.17. The third-order valence-electron chi connectivity index (χ3n) is 3.92. The van der Waals surface area contributed by atoms with Gasteiger partial charge in [-0.2, -0.15) is 4.99 Å². The van der Waals surface area contributed by atoms with Crippen LogP contribution in [0.15, 0.2) is 41.4 Å². The van der Waals surface area contributed by atoms with E-state index < -0.39 is 0 Å². The maximum absolute atomic E-state index is 13.5. The smallest absolute Gasteiger partial charge is 0.252 e. The van der Waals surface area contributed by atoms with Crippen molar-refractivity contribution in [2.24, 2.45) is 4.99 Å². The molecule has 0 bridgehead atoms. The lowest BCUT2D eigenvalue weighted by molar-refractivity contribution is -0.117. The van der Waals surface area contributed by atoms with Crippen molar-refractivity contribution in [3.63, 3.8) is 0 Å². The number of rotatable bonds is 5. The molecular weight excluding hydrogens is 367 g/mol. The maximum atomic E-state index is 13.5. The van der Waals surface area contributed by atoms with Crippen LogP contribution in [0.3, 0.4) is 0 Å². The second kappa shape index (κ2) is 8.06. The van der Waals surface area contributed by atoms with Gasteiger partial charge in [0.05, 0.1) is 37.4 Å². The zero-order valence-electron chi connectivity index (χ0n) is 14.9. The molecule has 3 aromatic rings. The molecular formula is C20H17FN2O3S. The molecule has 2 aromatic carbocycles. The van der Waals surface area contributed by atoms with Gasteiger partial charge >= 0.3 is 0 Å². The van der Waals surface area contributed by atoms with Crippen LogP contribution in [0.5, 0.6) is 11.5 Å². The number of hydrogen-bond donors (Lipinski definition) is 0. The van der Waals surface area contributed by atoms with Gasteiger partial charge in [-0.1, -0.05) is 23.3 Å². The molecule has 0 spiro atoms. The van der Waals surface area contributed by atoms with Gasteiger partial charge in [0, 0.05) is 0 Å². The Bertz CT molecular complexity index is 1110. The first-order valence-electron chi connectivity index (χ1n) is 8.06. The Morgan fingerprint density at radius 1 is 1.22 bits per heavy atom. The molecule has 0 fully saturated rings. The topological polar surface area (TPSA) is 52.8 Å². The SMILES string of the molecule is C#CCn1c(=NC(=O)Cc2ccc(OC)c(OC)c2)sc2cc(F)ccc21.